The highest BCUT2D eigenvalue weighted by Crippen LogP contribution is 2.27. The first-order chi connectivity index (χ1) is 9.24. The van der Waals surface area contributed by atoms with Gasteiger partial charge in [0, 0.05) is 35.5 Å². The van der Waals surface area contributed by atoms with E-state index in [1.165, 1.54) is 11.3 Å². The van der Waals surface area contributed by atoms with Crippen LogP contribution in [-0.2, 0) is 0 Å². The number of aromatic nitrogens is 2. The number of pyridine rings is 1. The van der Waals surface area contributed by atoms with Gasteiger partial charge in [0.1, 0.15) is 9.88 Å². The van der Waals surface area contributed by atoms with Crippen LogP contribution in [0.1, 0.15) is 15.4 Å². The van der Waals surface area contributed by atoms with Gasteiger partial charge in [-0.25, -0.2) is 4.98 Å². The minimum atomic E-state index is -0.00422. The molecule has 0 radical (unpaired) electrons. The lowest BCUT2D eigenvalue weighted by Gasteiger charge is -2.25. The molecule has 1 saturated heterocycles. The Kier molecular flexibility index (Phi) is 3.52. The van der Waals surface area contributed by atoms with E-state index in [9.17, 15) is 4.79 Å². The van der Waals surface area contributed by atoms with Gasteiger partial charge in [0.2, 0.25) is 0 Å². The lowest BCUT2D eigenvalue weighted by molar-refractivity contribution is 0.0946. The Morgan fingerprint density at radius 2 is 2.32 bits per heavy atom. The van der Waals surface area contributed by atoms with Crippen molar-refractivity contribution in [1.82, 2.24) is 15.3 Å². The van der Waals surface area contributed by atoms with Crippen molar-refractivity contribution in [1.29, 1.82) is 0 Å². The van der Waals surface area contributed by atoms with E-state index in [1.54, 1.807) is 12.4 Å². The van der Waals surface area contributed by atoms with Crippen LogP contribution in [0.25, 0.3) is 10.6 Å². The summed E-state index contributed by atoms with van der Waals surface area (Å²) in [6.07, 6.45) is 3.49. The van der Waals surface area contributed by atoms with Crippen LogP contribution >= 0.6 is 23.1 Å². The first-order valence-corrected chi connectivity index (χ1v) is 7.97. The maximum absolute atomic E-state index is 12.1. The van der Waals surface area contributed by atoms with Crippen LogP contribution in [-0.4, -0.2) is 33.4 Å². The van der Waals surface area contributed by atoms with Crippen molar-refractivity contribution in [2.45, 2.75) is 13.0 Å². The number of thiazole rings is 1. The lowest BCUT2D eigenvalue weighted by Crippen LogP contribution is -2.43. The molecule has 1 amide bonds. The van der Waals surface area contributed by atoms with E-state index in [-0.39, 0.29) is 5.91 Å². The number of thioether (sulfide) groups is 1. The number of aryl methyl sites for hydroxylation is 1. The van der Waals surface area contributed by atoms with Crippen LogP contribution in [0.3, 0.4) is 0 Å². The van der Waals surface area contributed by atoms with Gasteiger partial charge in [0.05, 0.1) is 5.69 Å². The van der Waals surface area contributed by atoms with Crippen molar-refractivity contribution in [3.8, 4) is 10.6 Å². The highest BCUT2D eigenvalue weighted by Gasteiger charge is 2.23. The van der Waals surface area contributed by atoms with Crippen molar-refractivity contribution in [3.63, 3.8) is 0 Å². The predicted octanol–water partition coefficient (Wildman–Crippen LogP) is 2.36. The summed E-state index contributed by atoms with van der Waals surface area (Å²) < 4.78 is 0. The molecule has 0 atom stereocenters. The van der Waals surface area contributed by atoms with Gasteiger partial charge in [0.25, 0.3) is 5.91 Å². The normalized spacial score (nSPS) is 15.0. The van der Waals surface area contributed by atoms with E-state index in [2.05, 4.69) is 15.3 Å². The predicted molar refractivity (Wildman–Crippen MR) is 78.7 cm³/mol. The molecule has 1 fully saturated rings. The van der Waals surface area contributed by atoms with Gasteiger partial charge in [0.15, 0.2) is 0 Å². The van der Waals surface area contributed by atoms with Crippen LogP contribution in [0.5, 0.6) is 0 Å². The van der Waals surface area contributed by atoms with Crippen LogP contribution < -0.4 is 5.32 Å². The van der Waals surface area contributed by atoms with Crippen LogP contribution in [0.15, 0.2) is 24.5 Å². The van der Waals surface area contributed by atoms with Crippen molar-refractivity contribution in [2.24, 2.45) is 0 Å². The second-order valence-corrected chi connectivity index (χ2v) is 6.46. The zero-order valence-electron chi connectivity index (χ0n) is 10.4. The maximum Gasteiger partial charge on any atom is 0.263 e. The average Bonchev–Trinajstić information content (AvgIpc) is 2.77. The van der Waals surface area contributed by atoms with Gasteiger partial charge in [-0.1, -0.05) is 0 Å². The molecular formula is C13H13N3OS2. The molecule has 2 aromatic rings. The van der Waals surface area contributed by atoms with Crippen molar-refractivity contribution in [2.75, 3.05) is 11.5 Å². The molecule has 98 valence electrons. The Balaban J connectivity index is 1.82. The van der Waals surface area contributed by atoms with E-state index < -0.39 is 0 Å². The molecule has 1 aliphatic heterocycles. The molecule has 0 spiro atoms. The number of nitrogens with one attached hydrogen (secondary N) is 1. The molecule has 19 heavy (non-hydrogen) atoms. The molecule has 0 unspecified atom stereocenters. The second-order valence-electron chi connectivity index (χ2n) is 4.38. The molecule has 3 rings (SSSR count). The molecule has 0 aliphatic carbocycles. The fraction of sp³-hybridized carbons (Fsp3) is 0.308. The SMILES string of the molecule is Cc1nc(-c2cccnc2)sc1C(=O)NC1CSC1. The molecule has 6 heteroatoms. The molecule has 4 nitrogen and oxygen atoms in total. The van der Waals surface area contributed by atoms with Gasteiger partial charge >= 0.3 is 0 Å². The summed E-state index contributed by atoms with van der Waals surface area (Å²) in [6.45, 7) is 1.88. The third-order valence-corrected chi connectivity index (χ3v) is 5.37. The number of nitrogens with zero attached hydrogens (tertiary/aromatic N) is 2. The quantitative estimate of drug-likeness (QED) is 0.943. The van der Waals surface area contributed by atoms with E-state index in [0.717, 1.165) is 27.8 Å². The smallest absolute Gasteiger partial charge is 0.263 e. The molecule has 0 saturated carbocycles. The van der Waals surface area contributed by atoms with Gasteiger partial charge in [-0.3, -0.25) is 9.78 Å². The fourth-order valence-electron chi connectivity index (χ4n) is 1.79. The Labute approximate surface area is 119 Å². The summed E-state index contributed by atoms with van der Waals surface area (Å²) in [6, 6.07) is 4.15. The minimum absolute atomic E-state index is 0.00422. The average molecular weight is 291 g/mol. The van der Waals surface area contributed by atoms with Crippen molar-refractivity contribution in [3.05, 3.63) is 35.1 Å². The van der Waals surface area contributed by atoms with Gasteiger partial charge in [-0.15, -0.1) is 11.3 Å². The topological polar surface area (TPSA) is 54.9 Å². The minimum Gasteiger partial charge on any atom is -0.347 e. The second kappa shape index (κ2) is 5.30. The standard InChI is InChI=1S/C13H13N3OS2/c1-8-11(12(17)16-10-6-18-7-10)19-13(15-8)9-3-2-4-14-5-9/h2-5,10H,6-7H2,1H3,(H,16,17). The lowest BCUT2D eigenvalue weighted by atomic mass is 10.3. The summed E-state index contributed by atoms with van der Waals surface area (Å²) in [5, 5.41) is 3.88. The zero-order valence-corrected chi connectivity index (χ0v) is 12.1. The fourth-order valence-corrected chi connectivity index (χ4v) is 3.39. The molecule has 3 heterocycles. The molecule has 0 bridgehead atoms. The highest BCUT2D eigenvalue weighted by molar-refractivity contribution is 8.00. The maximum atomic E-state index is 12.1. The van der Waals surface area contributed by atoms with Gasteiger partial charge in [-0.05, 0) is 19.1 Å². The number of carbonyl (C=O) groups is 1. The molecule has 0 aromatic carbocycles. The summed E-state index contributed by atoms with van der Waals surface area (Å²) in [5.41, 5.74) is 1.74. The van der Waals surface area contributed by atoms with Gasteiger partial charge in [-0.2, -0.15) is 11.8 Å². The number of hydrogen-bond acceptors (Lipinski definition) is 5. The van der Waals surface area contributed by atoms with Crippen LogP contribution in [0, 0.1) is 6.92 Å². The highest BCUT2D eigenvalue weighted by atomic mass is 32.2. The van der Waals surface area contributed by atoms with Crippen molar-refractivity contribution >= 4 is 29.0 Å². The molecule has 2 aromatic heterocycles. The molecular weight excluding hydrogens is 278 g/mol. The van der Waals surface area contributed by atoms with E-state index in [0.29, 0.717) is 10.9 Å². The van der Waals surface area contributed by atoms with Crippen LogP contribution in [0.2, 0.25) is 0 Å². The van der Waals surface area contributed by atoms with E-state index in [1.807, 2.05) is 30.8 Å². The molecule has 1 N–H and O–H groups in total. The number of rotatable bonds is 3. The zero-order chi connectivity index (χ0) is 13.2. The first kappa shape index (κ1) is 12.6. The Morgan fingerprint density at radius 1 is 1.47 bits per heavy atom. The third kappa shape index (κ3) is 2.64. The Morgan fingerprint density at radius 3 is 2.95 bits per heavy atom. The summed E-state index contributed by atoms with van der Waals surface area (Å²) in [7, 11) is 0. The summed E-state index contributed by atoms with van der Waals surface area (Å²) >= 11 is 3.28. The number of carbonyl (C=O) groups excluding carboxylic acids is 1. The monoisotopic (exact) mass is 291 g/mol. The van der Waals surface area contributed by atoms with Gasteiger partial charge < -0.3 is 5.32 Å². The first-order valence-electron chi connectivity index (χ1n) is 6.00. The number of hydrogen-bond donors (Lipinski definition) is 1. The summed E-state index contributed by atoms with van der Waals surface area (Å²) in [4.78, 5) is 21.4. The third-order valence-electron chi connectivity index (χ3n) is 2.88. The Bertz CT molecular complexity index is 593. The van der Waals surface area contributed by atoms with Crippen molar-refractivity contribution < 1.29 is 4.79 Å². The van der Waals surface area contributed by atoms with E-state index in [4.69, 9.17) is 0 Å². The Hall–Kier alpha value is -1.40. The van der Waals surface area contributed by atoms with E-state index >= 15 is 0 Å². The summed E-state index contributed by atoms with van der Waals surface area (Å²) in [5.74, 6) is 2.02. The van der Waals surface area contributed by atoms with Crippen LogP contribution in [0.4, 0.5) is 0 Å². The number of amides is 1. The largest absolute Gasteiger partial charge is 0.347 e. The molecule has 1 aliphatic rings.